The zero-order valence-electron chi connectivity index (χ0n) is 10.6. The number of esters is 1. The zero-order chi connectivity index (χ0) is 11.8. The van der Waals surface area contributed by atoms with Crippen molar-refractivity contribution < 1.29 is 9.53 Å². The maximum atomic E-state index is 11.2. The lowest BCUT2D eigenvalue weighted by atomic mass is 9.66. The van der Waals surface area contributed by atoms with Crippen molar-refractivity contribution in [3.8, 4) is 0 Å². The molecule has 90 valence electrons. The van der Waals surface area contributed by atoms with Crippen molar-refractivity contribution in [1.82, 2.24) is 0 Å². The molecular weight excluding hydrogens is 200 g/mol. The van der Waals surface area contributed by atoms with E-state index in [1.807, 2.05) is 0 Å². The van der Waals surface area contributed by atoms with Gasteiger partial charge in [0.25, 0.3) is 0 Å². The maximum absolute atomic E-state index is 11.2. The van der Waals surface area contributed by atoms with Crippen molar-refractivity contribution in [3.63, 3.8) is 0 Å². The first kappa shape index (κ1) is 11.7. The smallest absolute Gasteiger partial charge is 0.302 e. The quantitative estimate of drug-likeness (QED) is 0.501. The van der Waals surface area contributed by atoms with Crippen LogP contribution in [-0.4, -0.2) is 12.1 Å². The molecule has 3 unspecified atom stereocenters. The molecule has 1 spiro atoms. The summed E-state index contributed by atoms with van der Waals surface area (Å²) < 4.78 is 5.54. The first-order valence-corrected chi connectivity index (χ1v) is 6.39. The first-order chi connectivity index (χ1) is 7.54. The fourth-order valence-corrected chi connectivity index (χ4v) is 3.58. The molecule has 1 fully saturated rings. The summed E-state index contributed by atoms with van der Waals surface area (Å²) in [7, 11) is 0. The number of hydrogen-bond donors (Lipinski definition) is 0. The van der Waals surface area contributed by atoms with Crippen LogP contribution in [0.15, 0.2) is 11.6 Å². The zero-order valence-corrected chi connectivity index (χ0v) is 10.6. The van der Waals surface area contributed by atoms with Gasteiger partial charge in [-0.05, 0) is 44.9 Å². The largest absolute Gasteiger partial charge is 0.462 e. The average molecular weight is 222 g/mol. The first-order valence-electron chi connectivity index (χ1n) is 6.39. The Morgan fingerprint density at radius 3 is 2.88 bits per heavy atom. The topological polar surface area (TPSA) is 26.3 Å². The Hall–Kier alpha value is -0.790. The number of allylic oxidation sites excluding steroid dienone is 2. The minimum Gasteiger partial charge on any atom is -0.462 e. The second-order valence-corrected chi connectivity index (χ2v) is 5.53. The van der Waals surface area contributed by atoms with E-state index < -0.39 is 0 Å². The molecule has 0 radical (unpaired) electrons. The van der Waals surface area contributed by atoms with Gasteiger partial charge in [0.15, 0.2) is 0 Å². The third kappa shape index (κ3) is 1.90. The van der Waals surface area contributed by atoms with Crippen LogP contribution in [0.5, 0.6) is 0 Å². The van der Waals surface area contributed by atoms with Gasteiger partial charge >= 0.3 is 5.97 Å². The Bertz CT molecular complexity index is 319. The van der Waals surface area contributed by atoms with Crippen LogP contribution in [0, 0.1) is 11.3 Å². The number of carbonyl (C=O) groups excluding carboxylic acids is 1. The predicted molar refractivity (Wildman–Crippen MR) is 64.0 cm³/mol. The molecule has 3 atom stereocenters. The number of ether oxygens (including phenoxy) is 1. The molecule has 1 saturated carbocycles. The molecule has 0 heterocycles. The lowest BCUT2D eigenvalue weighted by Crippen LogP contribution is -2.40. The summed E-state index contributed by atoms with van der Waals surface area (Å²) in [4.78, 5) is 11.2. The van der Waals surface area contributed by atoms with Gasteiger partial charge in [-0.2, -0.15) is 0 Å². The molecule has 2 rings (SSSR count). The Labute approximate surface area is 98.1 Å². The van der Waals surface area contributed by atoms with Crippen LogP contribution in [0.3, 0.4) is 0 Å². The third-order valence-corrected chi connectivity index (χ3v) is 4.48. The lowest BCUT2D eigenvalue weighted by Gasteiger charge is -2.42. The van der Waals surface area contributed by atoms with Crippen molar-refractivity contribution in [1.29, 1.82) is 0 Å². The summed E-state index contributed by atoms with van der Waals surface area (Å²) in [5.74, 6) is 0.429. The third-order valence-electron chi connectivity index (χ3n) is 4.48. The Morgan fingerprint density at radius 1 is 1.50 bits per heavy atom. The van der Waals surface area contributed by atoms with Gasteiger partial charge in [0.05, 0.1) is 0 Å². The van der Waals surface area contributed by atoms with E-state index in [1.54, 1.807) is 0 Å². The molecule has 2 heteroatoms. The van der Waals surface area contributed by atoms with Crippen LogP contribution >= 0.6 is 0 Å². The van der Waals surface area contributed by atoms with Gasteiger partial charge < -0.3 is 4.74 Å². The Balaban J connectivity index is 2.20. The second kappa shape index (κ2) is 4.23. The highest BCUT2D eigenvalue weighted by molar-refractivity contribution is 5.66. The summed E-state index contributed by atoms with van der Waals surface area (Å²) >= 11 is 0. The molecular formula is C14H22O2. The molecule has 2 aliphatic rings. The summed E-state index contributed by atoms with van der Waals surface area (Å²) in [5, 5.41) is 0. The highest BCUT2D eigenvalue weighted by atomic mass is 16.5. The Morgan fingerprint density at radius 2 is 2.25 bits per heavy atom. The molecule has 0 aliphatic heterocycles. The summed E-state index contributed by atoms with van der Waals surface area (Å²) in [6, 6.07) is 0. The molecule has 0 amide bonds. The van der Waals surface area contributed by atoms with Gasteiger partial charge in [-0.25, -0.2) is 0 Å². The highest BCUT2D eigenvalue weighted by Gasteiger charge is 2.48. The van der Waals surface area contributed by atoms with Gasteiger partial charge in [-0.15, -0.1) is 0 Å². The van der Waals surface area contributed by atoms with Crippen molar-refractivity contribution in [2.45, 2.75) is 59.0 Å². The standard InChI is InChI=1S/C14H22O2/c1-10-6-8-14(11(2)9-10)7-4-5-13(14)16-12(3)15/h9,11,13H,4-8H2,1-3H3. The number of carbonyl (C=O) groups is 1. The molecule has 0 aromatic heterocycles. The van der Waals surface area contributed by atoms with Gasteiger partial charge in [-0.1, -0.05) is 18.6 Å². The molecule has 16 heavy (non-hydrogen) atoms. The fraction of sp³-hybridized carbons (Fsp3) is 0.786. The summed E-state index contributed by atoms with van der Waals surface area (Å²) in [6.45, 7) is 6.02. The molecule has 2 aliphatic carbocycles. The molecule has 0 N–H and O–H groups in total. The monoisotopic (exact) mass is 222 g/mol. The number of rotatable bonds is 1. The maximum Gasteiger partial charge on any atom is 0.302 e. The lowest BCUT2D eigenvalue weighted by molar-refractivity contribution is -0.153. The normalized spacial score (nSPS) is 38.6. The van der Waals surface area contributed by atoms with E-state index >= 15 is 0 Å². The highest BCUT2D eigenvalue weighted by Crippen LogP contribution is 2.52. The molecule has 0 bridgehead atoms. The van der Waals surface area contributed by atoms with Gasteiger partial charge in [0.1, 0.15) is 6.10 Å². The van der Waals surface area contributed by atoms with Crippen LogP contribution in [-0.2, 0) is 9.53 Å². The van der Waals surface area contributed by atoms with E-state index in [9.17, 15) is 4.79 Å². The molecule has 0 saturated heterocycles. The van der Waals surface area contributed by atoms with Crippen LogP contribution in [0.2, 0.25) is 0 Å². The second-order valence-electron chi connectivity index (χ2n) is 5.53. The van der Waals surface area contributed by atoms with Gasteiger partial charge in [0, 0.05) is 12.3 Å². The molecule has 0 aromatic carbocycles. The summed E-state index contributed by atoms with van der Waals surface area (Å²) in [6.07, 6.45) is 8.37. The van der Waals surface area contributed by atoms with Crippen LogP contribution in [0.4, 0.5) is 0 Å². The Kier molecular flexibility index (Phi) is 3.09. The fourth-order valence-electron chi connectivity index (χ4n) is 3.58. The van der Waals surface area contributed by atoms with Crippen molar-refractivity contribution in [2.24, 2.45) is 11.3 Å². The van der Waals surface area contributed by atoms with Crippen LogP contribution in [0.25, 0.3) is 0 Å². The van der Waals surface area contributed by atoms with E-state index in [4.69, 9.17) is 4.74 Å². The molecule has 2 nitrogen and oxygen atoms in total. The van der Waals surface area contributed by atoms with E-state index in [2.05, 4.69) is 19.9 Å². The van der Waals surface area contributed by atoms with E-state index in [1.165, 1.54) is 38.2 Å². The van der Waals surface area contributed by atoms with Crippen molar-refractivity contribution >= 4 is 5.97 Å². The van der Waals surface area contributed by atoms with Crippen molar-refractivity contribution in [3.05, 3.63) is 11.6 Å². The van der Waals surface area contributed by atoms with Gasteiger partial charge in [0.2, 0.25) is 0 Å². The number of hydrogen-bond acceptors (Lipinski definition) is 2. The molecule has 0 aromatic rings. The minimum atomic E-state index is -0.121. The average Bonchev–Trinajstić information content (AvgIpc) is 2.56. The van der Waals surface area contributed by atoms with E-state index in [0.29, 0.717) is 5.92 Å². The van der Waals surface area contributed by atoms with Gasteiger partial charge in [-0.3, -0.25) is 4.79 Å². The van der Waals surface area contributed by atoms with E-state index in [-0.39, 0.29) is 17.5 Å². The van der Waals surface area contributed by atoms with Crippen LogP contribution < -0.4 is 0 Å². The van der Waals surface area contributed by atoms with Crippen molar-refractivity contribution in [2.75, 3.05) is 0 Å². The summed E-state index contributed by atoms with van der Waals surface area (Å²) in [5.41, 5.74) is 1.73. The van der Waals surface area contributed by atoms with E-state index in [0.717, 1.165) is 6.42 Å². The SMILES string of the molecule is CC(=O)OC1CCCC12CCC(C)=CC2C. The predicted octanol–water partition coefficient (Wildman–Crippen LogP) is 3.46. The van der Waals surface area contributed by atoms with Crippen LogP contribution in [0.1, 0.15) is 52.9 Å². The minimum absolute atomic E-state index is 0.121.